The monoisotopic (exact) mass is 535 g/mol. The highest BCUT2D eigenvalue weighted by atomic mass is 32.2. The van der Waals surface area contributed by atoms with E-state index in [0.29, 0.717) is 5.56 Å². The number of likely N-dealkylation sites (N-methyl/N-ethyl adjacent to an activating group) is 1. The van der Waals surface area contributed by atoms with E-state index < -0.39 is 22.2 Å². The molecule has 200 valence electrons. The number of sulfonamides is 1. The smallest absolute Gasteiger partial charge is 0.255 e. The third kappa shape index (κ3) is 6.12. The molecule has 0 unspecified atom stereocenters. The van der Waals surface area contributed by atoms with Gasteiger partial charge in [0.15, 0.2) is 0 Å². The van der Waals surface area contributed by atoms with E-state index >= 15 is 0 Å². The van der Waals surface area contributed by atoms with Crippen LogP contribution < -0.4 is 4.74 Å². The van der Waals surface area contributed by atoms with Crippen LogP contribution >= 0.6 is 0 Å². The standard InChI is InChI=1S/C29H33N3O5S/c1-21-18-32(22(2)20-33)38(35,36)28-14-13-24(12-11-23-8-5-4-6-9-23)16-26(28)37-27(21)19-31(3)29(34)25-10-7-15-30-17-25/h4-17,21-22,27,33H,18-20H2,1-3H3/b12-11+/t21-,22-,27-/m1/s1. The number of aliphatic hydroxyl groups excluding tert-OH is 1. The second kappa shape index (κ2) is 11.9. The summed E-state index contributed by atoms with van der Waals surface area (Å²) >= 11 is 0. The third-order valence-corrected chi connectivity index (χ3v) is 8.69. The van der Waals surface area contributed by atoms with Crippen LogP contribution in [0.4, 0.5) is 0 Å². The van der Waals surface area contributed by atoms with Gasteiger partial charge in [0.05, 0.1) is 18.7 Å². The molecule has 0 radical (unpaired) electrons. The Morgan fingerprint density at radius 2 is 1.89 bits per heavy atom. The van der Waals surface area contributed by atoms with E-state index in [0.717, 1.165) is 11.1 Å². The van der Waals surface area contributed by atoms with Gasteiger partial charge in [0.2, 0.25) is 10.0 Å². The van der Waals surface area contributed by atoms with Gasteiger partial charge in [-0.1, -0.05) is 55.5 Å². The summed E-state index contributed by atoms with van der Waals surface area (Å²) in [5.74, 6) is -0.266. The van der Waals surface area contributed by atoms with E-state index in [-0.39, 0.29) is 42.2 Å². The number of benzene rings is 2. The Labute approximate surface area is 224 Å². The van der Waals surface area contributed by atoms with E-state index in [2.05, 4.69) is 4.98 Å². The fraction of sp³-hybridized carbons (Fsp3) is 0.310. The van der Waals surface area contributed by atoms with Gasteiger partial charge in [-0.3, -0.25) is 9.78 Å². The van der Waals surface area contributed by atoms with Gasteiger partial charge in [0, 0.05) is 37.9 Å². The molecule has 38 heavy (non-hydrogen) atoms. The van der Waals surface area contributed by atoms with Crippen molar-refractivity contribution in [1.82, 2.24) is 14.2 Å². The molecule has 2 aromatic carbocycles. The van der Waals surface area contributed by atoms with E-state index in [1.807, 2.05) is 49.4 Å². The van der Waals surface area contributed by atoms with Gasteiger partial charge in [0.25, 0.3) is 5.91 Å². The lowest BCUT2D eigenvalue weighted by molar-refractivity contribution is 0.0563. The zero-order valence-electron chi connectivity index (χ0n) is 21.8. The topological polar surface area (TPSA) is 100 Å². The normalized spacial score (nSPS) is 20.1. The fourth-order valence-electron chi connectivity index (χ4n) is 4.38. The number of hydrogen-bond acceptors (Lipinski definition) is 6. The maximum Gasteiger partial charge on any atom is 0.255 e. The van der Waals surface area contributed by atoms with Crippen LogP contribution in [0, 0.1) is 5.92 Å². The number of amides is 1. The Hall–Kier alpha value is -3.53. The van der Waals surface area contributed by atoms with Gasteiger partial charge in [0.1, 0.15) is 16.7 Å². The Morgan fingerprint density at radius 3 is 2.58 bits per heavy atom. The molecule has 1 amide bonds. The number of rotatable bonds is 7. The Balaban J connectivity index is 1.70. The lowest BCUT2D eigenvalue weighted by atomic mass is 10.0. The molecule has 0 bridgehead atoms. The van der Waals surface area contributed by atoms with Gasteiger partial charge < -0.3 is 14.7 Å². The first-order valence-electron chi connectivity index (χ1n) is 12.5. The largest absolute Gasteiger partial charge is 0.487 e. The first-order valence-corrected chi connectivity index (χ1v) is 14.0. The number of ether oxygens (including phenoxy) is 1. The van der Waals surface area contributed by atoms with Gasteiger partial charge >= 0.3 is 0 Å². The molecule has 0 saturated carbocycles. The van der Waals surface area contributed by atoms with Crippen LogP contribution in [0.5, 0.6) is 5.75 Å². The van der Waals surface area contributed by atoms with Crippen molar-refractivity contribution in [3.8, 4) is 5.75 Å². The summed E-state index contributed by atoms with van der Waals surface area (Å²) in [6.07, 6.45) is 6.46. The molecule has 8 nitrogen and oxygen atoms in total. The lowest BCUT2D eigenvalue weighted by Crippen LogP contribution is -2.50. The molecule has 1 N–H and O–H groups in total. The minimum absolute atomic E-state index is 0.0350. The minimum atomic E-state index is -3.95. The molecule has 0 aliphatic carbocycles. The van der Waals surface area contributed by atoms with Crippen LogP contribution in [0.25, 0.3) is 12.2 Å². The van der Waals surface area contributed by atoms with Crippen molar-refractivity contribution in [3.05, 3.63) is 89.7 Å². The highest BCUT2D eigenvalue weighted by Gasteiger charge is 2.38. The van der Waals surface area contributed by atoms with Crippen molar-refractivity contribution >= 4 is 28.1 Å². The summed E-state index contributed by atoms with van der Waals surface area (Å²) in [7, 11) is -2.26. The molecule has 3 atom stereocenters. The SMILES string of the molecule is C[C@@H]1CN([C@H](C)CO)S(=O)(=O)c2ccc(/C=C/c3ccccc3)cc2O[C@@H]1CN(C)C(=O)c1cccnc1. The predicted molar refractivity (Wildman–Crippen MR) is 147 cm³/mol. The number of fused-ring (bicyclic) bond motifs is 1. The molecule has 2 heterocycles. The van der Waals surface area contributed by atoms with Crippen molar-refractivity contribution in [2.75, 3.05) is 26.7 Å². The van der Waals surface area contributed by atoms with Gasteiger partial charge in [-0.05, 0) is 42.3 Å². The number of carbonyl (C=O) groups excluding carboxylic acids is 1. The highest BCUT2D eigenvalue weighted by Crippen LogP contribution is 2.34. The zero-order chi connectivity index (χ0) is 27.3. The van der Waals surface area contributed by atoms with Crippen molar-refractivity contribution in [2.24, 2.45) is 5.92 Å². The van der Waals surface area contributed by atoms with Gasteiger partial charge in [-0.15, -0.1) is 0 Å². The van der Waals surface area contributed by atoms with Crippen LogP contribution in [0.2, 0.25) is 0 Å². The molecule has 0 fully saturated rings. The van der Waals surface area contributed by atoms with Crippen LogP contribution in [0.1, 0.15) is 35.3 Å². The lowest BCUT2D eigenvalue weighted by Gasteiger charge is -2.37. The maximum absolute atomic E-state index is 13.7. The van der Waals surface area contributed by atoms with Crippen LogP contribution in [-0.2, 0) is 10.0 Å². The first kappa shape index (κ1) is 27.5. The van der Waals surface area contributed by atoms with E-state index in [9.17, 15) is 18.3 Å². The van der Waals surface area contributed by atoms with Crippen LogP contribution in [-0.4, -0.2) is 72.5 Å². The van der Waals surface area contributed by atoms with Crippen molar-refractivity contribution < 1.29 is 23.1 Å². The number of hydrogen-bond donors (Lipinski definition) is 1. The second-order valence-corrected chi connectivity index (χ2v) is 11.5. The average molecular weight is 536 g/mol. The molecular formula is C29H33N3O5S. The van der Waals surface area contributed by atoms with Crippen molar-refractivity contribution in [3.63, 3.8) is 0 Å². The van der Waals surface area contributed by atoms with E-state index in [1.165, 1.54) is 10.5 Å². The Bertz CT molecular complexity index is 1380. The molecule has 1 aliphatic rings. The maximum atomic E-state index is 13.7. The fourth-order valence-corrected chi connectivity index (χ4v) is 6.21. The summed E-state index contributed by atoms with van der Waals surface area (Å²) in [6.45, 7) is 3.63. The number of carbonyl (C=O) groups is 1. The third-order valence-electron chi connectivity index (χ3n) is 6.67. The molecule has 0 saturated heterocycles. The average Bonchev–Trinajstić information content (AvgIpc) is 2.93. The number of aliphatic hydroxyl groups is 1. The summed E-state index contributed by atoms with van der Waals surface area (Å²) < 4.78 is 35.1. The van der Waals surface area contributed by atoms with Crippen LogP contribution in [0.3, 0.4) is 0 Å². The molecule has 9 heteroatoms. The molecule has 0 spiro atoms. The van der Waals surface area contributed by atoms with E-state index in [1.54, 1.807) is 55.4 Å². The highest BCUT2D eigenvalue weighted by molar-refractivity contribution is 7.89. The summed E-state index contributed by atoms with van der Waals surface area (Å²) in [4.78, 5) is 18.6. The number of aromatic nitrogens is 1. The number of nitrogens with zero attached hydrogens (tertiary/aromatic N) is 3. The molecule has 1 aliphatic heterocycles. The Kier molecular flexibility index (Phi) is 8.61. The quantitative estimate of drug-likeness (QED) is 0.462. The van der Waals surface area contributed by atoms with Crippen molar-refractivity contribution in [2.45, 2.75) is 30.9 Å². The summed E-state index contributed by atoms with van der Waals surface area (Å²) in [6, 6.07) is 17.6. The summed E-state index contributed by atoms with van der Waals surface area (Å²) in [5.41, 5.74) is 2.24. The number of pyridine rings is 1. The molecule has 3 aromatic rings. The zero-order valence-corrected chi connectivity index (χ0v) is 22.6. The molecular weight excluding hydrogens is 502 g/mol. The van der Waals surface area contributed by atoms with Gasteiger partial charge in [-0.2, -0.15) is 4.31 Å². The Morgan fingerprint density at radius 1 is 1.16 bits per heavy atom. The molecule has 4 rings (SSSR count). The van der Waals surface area contributed by atoms with Crippen LogP contribution in [0.15, 0.2) is 78.0 Å². The molecule has 1 aromatic heterocycles. The first-order chi connectivity index (χ1) is 18.2. The second-order valence-electron chi connectivity index (χ2n) is 9.62. The van der Waals surface area contributed by atoms with Crippen molar-refractivity contribution in [1.29, 1.82) is 0 Å². The van der Waals surface area contributed by atoms with E-state index in [4.69, 9.17) is 4.74 Å². The van der Waals surface area contributed by atoms with Gasteiger partial charge in [-0.25, -0.2) is 8.42 Å². The summed E-state index contributed by atoms with van der Waals surface area (Å²) in [5, 5.41) is 9.84. The predicted octanol–water partition coefficient (Wildman–Crippen LogP) is 3.79. The minimum Gasteiger partial charge on any atom is -0.487 e.